The smallest absolute Gasteiger partial charge is 0.217 e. The highest BCUT2D eigenvalue weighted by atomic mass is 32.2. The number of anilines is 1. The van der Waals surface area contributed by atoms with E-state index in [4.69, 9.17) is 0 Å². The van der Waals surface area contributed by atoms with Crippen LogP contribution in [0.15, 0.2) is 70.7 Å². The van der Waals surface area contributed by atoms with Crippen molar-refractivity contribution in [2.75, 3.05) is 50.7 Å². The van der Waals surface area contributed by atoms with E-state index in [-0.39, 0.29) is 22.3 Å². The van der Waals surface area contributed by atoms with Gasteiger partial charge in [0.25, 0.3) is 0 Å². The van der Waals surface area contributed by atoms with E-state index in [1.54, 1.807) is 26.1 Å². The summed E-state index contributed by atoms with van der Waals surface area (Å²) >= 11 is 0. The molecule has 0 radical (unpaired) electrons. The zero-order valence-electron chi connectivity index (χ0n) is 28.6. The molecular formula is C37H52N6O3S. The van der Waals surface area contributed by atoms with Crippen molar-refractivity contribution in [1.29, 1.82) is 0 Å². The van der Waals surface area contributed by atoms with Crippen LogP contribution >= 0.6 is 0 Å². The number of nitrogens with zero attached hydrogens (tertiary/aromatic N) is 5. The van der Waals surface area contributed by atoms with Gasteiger partial charge in [0.05, 0.1) is 11.1 Å². The quantitative estimate of drug-likeness (QED) is 0.297. The number of fused-ring (bicyclic) bond motifs is 1. The number of aromatic nitrogens is 2. The molecular weight excluding hydrogens is 609 g/mol. The van der Waals surface area contributed by atoms with E-state index in [9.17, 15) is 13.2 Å². The standard InChI is InChI=1S/C37H52N6O3S/c1-5-9-32(39-28(3)44)20-37(27-41(6-2)25-30-10-7-8-11-36(30)37)31-16-18-42(19-17-31)22-29-23-43(24-29)33-12-14-34(15-13-33)47(45,46)35-21-38-40(4)26-35/h7-8,10-15,21,26,29,31-32H,5-6,9,16-20,22-25,27H2,1-4H3,(H,39,44)/t32-,37?/m0/s1. The number of likely N-dealkylation sites (N-methyl/N-ethyl adjacent to an activating group) is 1. The molecule has 4 heterocycles. The molecule has 2 saturated heterocycles. The van der Waals surface area contributed by atoms with Crippen LogP contribution in [-0.2, 0) is 33.6 Å². The molecule has 0 aliphatic carbocycles. The highest BCUT2D eigenvalue weighted by Gasteiger charge is 2.47. The Morgan fingerprint density at radius 3 is 2.38 bits per heavy atom. The average molecular weight is 661 g/mol. The highest BCUT2D eigenvalue weighted by Crippen LogP contribution is 2.47. The minimum absolute atomic E-state index is 0.0309. The monoisotopic (exact) mass is 660 g/mol. The molecule has 1 aromatic heterocycles. The molecule has 3 aliphatic heterocycles. The second-order valence-electron chi connectivity index (χ2n) is 14.2. The summed E-state index contributed by atoms with van der Waals surface area (Å²) in [5, 5.41) is 7.35. The summed E-state index contributed by atoms with van der Waals surface area (Å²) in [5.41, 5.74) is 4.08. The fourth-order valence-corrected chi connectivity index (χ4v) is 9.82. The second-order valence-corrected chi connectivity index (χ2v) is 16.1. The van der Waals surface area contributed by atoms with E-state index in [1.165, 1.54) is 41.0 Å². The van der Waals surface area contributed by atoms with Crippen molar-refractivity contribution in [3.8, 4) is 0 Å². The van der Waals surface area contributed by atoms with Crippen LogP contribution in [0, 0.1) is 11.8 Å². The van der Waals surface area contributed by atoms with Gasteiger partial charge >= 0.3 is 0 Å². The molecule has 10 heteroatoms. The number of amides is 1. The van der Waals surface area contributed by atoms with Gasteiger partial charge in [-0.15, -0.1) is 0 Å². The predicted molar refractivity (Wildman–Crippen MR) is 186 cm³/mol. The van der Waals surface area contributed by atoms with Gasteiger partial charge in [-0.05, 0) is 86.6 Å². The van der Waals surface area contributed by atoms with Crippen molar-refractivity contribution < 1.29 is 13.2 Å². The van der Waals surface area contributed by atoms with Crippen molar-refractivity contribution in [3.05, 3.63) is 72.1 Å². The third kappa shape index (κ3) is 7.15. The number of piperidine rings is 1. The molecule has 0 saturated carbocycles. The lowest BCUT2D eigenvalue weighted by molar-refractivity contribution is -0.120. The summed E-state index contributed by atoms with van der Waals surface area (Å²) in [5.74, 6) is 1.26. The number of likely N-dealkylation sites (tertiary alicyclic amines) is 1. The van der Waals surface area contributed by atoms with Crippen molar-refractivity contribution in [3.63, 3.8) is 0 Å². The number of nitrogens with one attached hydrogen (secondary N) is 1. The number of carbonyl (C=O) groups is 1. The number of hydrogen-bond donors (Lipinski definition) is 1. The molecule has 6 rings (SSSR count). The van der Waals surface area contributed by atoms with E-state index >= 15 is 0 Å². The van der Waals surface area contributed by atoms with Crippen molar-refractivity contribution in [1.82, 2.24) is 24.9 Å². The molecule has 0 spiro atoms. The van der Waals surface area contributed by atoms with Gasteiger partial charge in [-0.2, -0.15) is 5.10 Å². The predicted octanol–water partition coefficient (Wildman–Crippen LogP) is 4.87. The van der Waals surface area contributed by atoms with Gasteiger partial charge in [0.2, 0.25) is 15.7 Å². The lowest BCUT2D eigenvalue weighted by Crippen LogP contribution is -2.56. The Hall–Kier alpha value is -3.21. The molecule has 2 atom stereocenters. The topological polar surface area (TPSA) is 90.8 Å². The minimum atomic E-state index is -3.56. The Morgan fingerprint density at radius 1 is 1.02 bits per heavy atom. The number of carbonyl (C=O) groups excluding carboxylic acids is 1. The molecule has 1 amide bonds. The minimum Gasteiger partial charge on any atom is -0.371 e. The van der Waals surface area contributed by atoms with E-state index < -0.39 is 9.84 Å². The second kappa shape index (κ2) is 14.1. The zero-order valence-corrected chi connectivity index (χ0v) is 29.4. The Bertz CT molecular complexity index is 1630. The number of hydrogen-bond acceptors (Lipinski definition) is 7. The van der Waals surface area contributed by atoms with Crippen molar-refractivity contribution in [2.45, 2.75) is 80.7 Å². The first-order valence-corrected chi connectivity index (χ1v) is 19.0. The molecule has 0 bridgehead atoms. The van der Waals surface area contributed by atoms with Crippen LogP contribution in [-0.4, -0.2) is 85.8 Å². The number of sulfone groups is 1. The molecule has 2 aromatic carbocycles. The first kappa shape index (κ1) is 33.7. The Balaban J connectivity index is 1.09. The summed E-state index contributed by atoms with van der Waals surface area (Å²) in [6, 6.07) is 16.6. The van der Waals surface area contributed by atoms with Crippen LogP contribution in [0.1, 0.15) is 64.0 Å². The van der Waals surface area contributed by atoms with Crippen LogP contribution in [0.4, 0.5) is 5.69 Å². The molecule has 9 nitrogen and oxygen atoms in total. The first-order valence-electron chi connectivity index (χ1n) is 17.5. The maximum atomic E-state index is 13.0. The van der Waals surface area contributed by atoms with E-state index in [0.29, 0.717) is 16.7 Å². The SMILES string of the molecule is CCC[C@@H](CC1(C2CCN(CC3CN(c4ccc(S(=O)(=O)c5cnn(C)c5)cc4)C3)CC2)CN(CC)Cc2ccccc21)NC(C)=O. The van der Waals surface area contributed by atoms with Crippen molar-refractivity contribution in [2.24, 2.45) is 18.9 Å². The Kier molecular flexibility index (Phi) is 10.1. The van der Waals surface area contributed by atoms with Crippen LogP contribution in [0.5, 0.6) is 0 Å². The first-order chi connectivity index (χ1) is 22.6. The van der Waals surface area contributed by atoms with E-state index in [2.05, 4.69) is 63.2 Å². The van der Waals surface area contributed by atoms with Crippen LogP contribution in [0.3, 0.4) is 0 Å². The van der Waals surface area contributed by atoms with Gasteiger partial charge in [0.1, 0.15) is 4.90 Å². The summed E-state index contributed by atoms with van der Waals surface area (Å²) in [6.45, 7) is 14.6. The number of aryl methyl sites for hydroxylation is 1. The molecule has 3 aromatic rings. The fourth-order valence-electron chi connectivity index (χ4n) is 8.58. The van der Waals surface area contributed by atoms with Crippen LogP contribution in [0.25, 0.3) is 0 Å². The molecule has 47 heavy (non-hydrogen) atoms. The van der Waals surface area contributed by atoms with Gasteiger partial charge in [0, 0.05) is 76.0 Å². The van der Waals surface area contributed by atoms with E-state index in [0.717, 1.165) is 77.3 Å². The molecule has 254 valence electrons. The molecule has 2 fully saturated rings. The normalized spacial score (nSPS) is 22.1. The van der Waals surface area contributed by atoms with E-state index in [1.807, 2.05) is 12.1 Å². The average Bonchev–Trinajstić information content (AvgIpc) is 3.49. The van der Waals surface area contributed by atoms with Crippen LogP contribution < -0.4 is 10.2 Å². The summed E-state index contributed by atoms with van der Waals surface area (Å²) in [4.78, 5) is 20.4. The van der Waals surface area contributed by atoms with Gasteiger partial charge in [-0.25, -0.2) is 8.42 Å². The van der Waals surface area contributed by atoms with Gasteiger partial charge in [-0.3, -0.25) is 14.4 Å². The van der Waals surface area contributed by atoms with Crippen molar-refractivity contribution >= 4 is 21.4 Å². The largest absolute Gasteiger partial charge is 0.371 e. The van der Waals surface area contributed by atoms with Gasteiger partial charge < -0.3 is 15.1 Å². The molecule has 1 unspecified atom stereocenters. The Morgan fingerprint density at radius 2 is 1.74 bits per heavy atom. The fraction of sp³-hybridized carbons (Fsp3) is 0.568. The Labute approximate surface area is 281 Å². The third-order valence-corrected chi connectivity index (χ3v) is 12.6. The molecule has 3 aliphatic rings. The summed E-state index contributed by atoms with van der Waals surface area (Å²) in [7, 11) is -1.84. The molecule has 1 N–H and O–H groups in total. The summed E-state index contributed by atoms with van der Waals surface area (Å²) < 4.78 is 27.4. The lowest BCUT2D eigenvalue weighted by Gasteiger charge is -2.52. The highest BCUT2D eigenvalue weighted by molar-refractivity contribution is 7.91. The number of benzene rings is 2. The third-order valence-electron chi connectivity index (χ3n) is 10.9. The zero-order chi connectivity index (χ0) is 33.2. The summed E-state index contributed by atoms with van der Waals surface area (Å²) in [6.07, 6.45) is 8.35. The van der Waals surface area contributed by atoms with Crippen LogP contribution in [0.2, 0.25) is 0 Å². The maximum absolute atomic E-state index is 13.0. The van der Waals surface area contributed by atoms with Gasteiger partial charge in [-0.1, -0.05) is 44.5 Å². The lowest BCUT2D eigenvalue weighted by atomic mass is 9.60. The van der Waals surface area contributed by atoms with Gasteiger partial charge in [0.15, 0.2) is 0 Å². The number of rotatable bonds is 12. The maximum Gasteiger partial charge on any atom is 0.217 e.